The Hall–Kier alpha value is -2.67. The van der Waals surface area contributed by atoms with Crippen molar-refractivity contribution in [3.8, 4) is 11.3 Å². The first-order valence-electron chi connectivity index (χ1n) is 9.90. The van der Waals surface area contributed by atoms with Crippen molar-refractivity contribution >= 4 is 11.9 Å². The maximum Gasteiger partial charge on any atom is 0.321 e. The Balaban J connectivity index is 1.34. The van der Waals surface area contributed by atoms with Gasteiger partial charge in [0, 0.05) is 24.1 Å². The molecule has 0 radical (unpaired) electrons. The summed E-state index contributed by atoms with van der Waals surface area (Å²) in [5.41, 5.74) is 1.86. The third-order valence-corrected chi connectivity index (χ3v) is 4.95. The molecule has 1 aliphatic rings. The number of aromatic nitrogens is 1. The fraction of sp³-hybridized carbons (Fsp3) is 0.476. The van der Waals surface area contributed by atoms with Crippen LogP contribution in [0.2, 0.25) is 0 Å². The summed E-state index contributed by atoms with van der Waals surface area (Å²) >= 11 is 0. The number of carbonyl (C=O) groups is 2. The van der Waals surface area contributed by atoms with Crippen LogP contribution in [0, 0.1) is 0 Å². The highest BCUT2D eigenvalue weighted by Gasteiger charge is 2.18. The van der Waals surface area contributed by atoms with E-state index in [9.17, 15) is 9.59 Å². The minimum absolute atomic E-state index is 0.184. The van der Waals surface area contributed by atoms with Gasteiger partial charge >= 0.3 is 6.03 Å². The molecule has 0 aliphatic heterocycles. The van der Waals surface area contributed by atoms with Crippen LogP contribution in [0.1, 0.15) is 37.9 Å². The smallest absolute Gasteiger partial charge is 0.321 e. The molecule has 7 heteroatoms. The van der Waals surface area contributed by atoms with Crippen LogP contribution in [-0.2, 0) is 11.2 Å². The molecule has 1 aromatic carbocycles. The van der Waals surface area contributed by atoms with Gasteiger partial charge in [-0.25, -0.2) is 4.79 Å². The van der Waals surface area contributed by atoms with Crippen LogP contribution in [0.3, 0.4) is 0 Å². The third-order valence-electron chi connectivity index (χ3n) is 4.95. The molecule has 0 atom stereocenters. The van der Waals surface area contributed by atoms with Gasteiger partial charge in [-0.1, -0.05) is 48.3 Å². The quantitative estimate of drug-likeness (QED) is 0.731. The number of aryl methyl sites for hydroxylation is 1. The van der Waals surface area contributed by atoms with Crippen LogP contribution in [0.15, 0.2) is 40.9 Å². The van der Waals surface area contributed by atoms with Crippen molar-refractivity contribution in [2.75, 3.05) is 20.1 Å². The molecule has 1 saturated carbocycles. The maximum atomic E-state index is 12.0. The van der Waals surface area contributed by atoms with Gasteiger partial charge in [-0.05, 0) is 32.9 Å². The number of hydrogen-bond donors (Lipinski definition) is 2. The molecule has 2 N–H and O–H groups in total. The number of amides is 3. The largest absolute Gasteiger partial charge is 0.361 e. The van der Waals surface area contributed by atoms with Crippen LogP contribution >= 0.6 is 0 Å². The number of rotatable bonds is 8. The Labute approximate surface area is 165 Å². The van der Waals surface area contributed by atoms with Crippen LogP contribution in [0.5, 0.6) is 0 Å². The van der Waals surface area contributed by atoms with Crippen LogP contribution in [0.4, 0.5) is 4.79 Å². The summed E-state index contributed by atoms with van der Waals surface area (Å²) < 4.78 is 5.40. The Bertz CT molecular complexity index is 769. The molecule has 2 aromatic rings. The summed E-state index contributed by atoms with van der Waals surface area (Å²) in [6.45, 7) is 0.906. The summed E-state index contributed by atoms with van der Waals surface area (Å²) in [5.74, 6) is 0.539. The zero-order chi connectivity index (χ0) is 19.8. The predicted octanol–water partition coefficient (Wildman–Crippen LogP) is 2.97. The van der Waals surface area contributed by atoms with Gasteiger partial charge in [0.2, 0.25) is 5.91 Å². The highest BCUT2D eigenvalue weighted by Crippen LogP contribution is 2.19. The molecule has 150 valence electrons. The number of hydrogen-bond acceptors (Lipinski definition) is 5. The Morgan fingerprint density at radius 2 is 1.96 bits per heavy atom. The van der Waals surface area contributed by atoms with Crippen LogP contribution < -0.4 is 10.6 Å². The molecule has 7 nitrogen and oxygen atoms in total. The zero-order valence-electron chi connectivity index (χ0n) is 16.3. The number of urea groups is 1. The van der Waals surface area contributed by atoms with Crippen molar-refractivity contribution in [1.82, 2.24) is 20.7 Å². The molecule has 1 heterocycles. The average Bonchev–Trinajstić information content (AvgIpc) is 3.34. The predicted molar refractivity (Wildman–Crippen MR) is 107 cm³/mol. The van der Waals surface area contributed by atoms with E-state index in [1.165, 1.54) is 0 Å². The Morgan fingerprint density at radius 3 is 2.71 bits per heavy atom. The summed E-state index contributed by atoms with van der Waals surface area (Å²) in [7, 11) is 1.87. The highest BCUT2D eigenvalue weighted by molar-refractivity contribution is 5.95. The SMILES string of the molecule is CN(CCCc1cc(-c2ccccc2)no1)CC(=O)NC(=O)NC1CCCC1. The average molecular weight is 384 g/mol. The monoisotopic (exact) mass is 384 g/mol. The second-order valence-corrected chi connectivity index (χ2v) is 7.39. The van der Waals surface area contributed by atoms with E-state index in [0.717, 1.165) is 62.1 Å². The minimum atomic E-state index is -0.389. The molecule has 1 aliphatic carbocycles. The molecule has 1 fully saturated rings. The summed E-state index contributed by atoms with van der Waals surface area (Å²) in [6, 6.07) is 11.7. The van der Waals surface area contributed by atoms with Crippen molar-refractivity contribution in [1.29, 1.82) is 0 Å². The first kappa shape index (κ1) is 20.1. The third kappa shape index (κ3) is 6.20. The van der Waals surface area contributed by atoms with Crippen LogP contribution in [0.25, 0.3) is 11.3 Å². The molecule has 0 unspecified atom stereocenters. The lowest BCUT2D eigenvalue weighted by Crippen LogP contribution is -2.46. The lowest BCUT2D eigenvalue weighted by atomic mass is 10.1. The lowest BCUT2D eigenvalue weighted by molar-refractivity contribution is -0.120. The highest BCUT2D eigenvalue weighted by atomic mass is 16.5. The van der Waals surface area contributed by atoms with Gasteiger partial charge in [0.25, 0.3) is 0 Å². The van der Waals surface area contributed by atoms with Crippen molar-refractivity contribution < 1.29 is 14.1 Å². The van der Waals surface area contributed by atoms with E-state index in [-0.39, 0.29) is 24.5 Å². The lowest BCUT2D eigenvalue weighted by Gasteiger charge is -2.16. The van der Waals surface area contributed by atoms with E-state index in [1.54, 1.807) is 0 Å². The fourth-order valence-corrected chi connectivity index (χ4v) is 3.48. The Kier molecular flexibility index (Phi) is 7.19. The summed E-state index contributed by atoms with van der Waals surface area (Å²) in [5, 5.41) is 9.37. The summed E-state index contributed by atoms with van der Waals surface area (Å²) in [6.07, 6.45) is 5.85. The summed E-state index contributed by atoms with van der Waals surface area (Å²) in [4.78, 5) is 25.7. The van der Waals surface area contributed by atoms with E-state index >= 15 is 0 Å². The normalized spacial score (nSPS) is 14.4. The molecule has 3 rings (SSSR count). The first-order chi connectivity index (χ1) is 13.6. The molecule has 0 saturated heterocycles. The van der Waals surface area contributed by atoms with Gasteiger partial charge < -0.3 is 9.84 Å². The Morgan fingerprint density at radius 1 is 1.21 bits per heavy atom. The van der Waals surface area contributed by atoms with Crippen molar-refractivity contribution in [3.05, 3.63) is 42.2 Å². The van der Waals surface area contributed by atoms with Gasteiger partial charge in [-0.15, -0.1) is 0 Å². The van der Waals surface area contributed by atoms with E-state index in [0.29, 0.717) is 0 Å². The van der Waals surface area contributed by atoms with Gasteiger partial charge in [-0.3, -0.25) is 15.0 Å². The fourth-order valence-electron chi connectivity index (χ4n) is 3.48. The number of likely N-dealkylation sites (N-methyl/N-ethyl adjacent to an activating group) is 1. The first-order valence-corrected chi connectivity index (χ1v) is 9.90. The van der Waals surface area contributed by atoms with E-state index in [4.69, 9.17) is 4.52 Å². The molecule has 0 spiro atoms. The minimum Gasteiger partial charge on any atom is -0.361 e. The molecule has 1 aromatic heterocycles. The van der Waals surface area contributed by atoms with E-state index in [1.807, 2.05) is 48.3 Å². The van der Waals surface area contributed by atoms with E-state index < -0.39 is 0 Å². The second-order valence-electron chi connectivity index (χ2n) is 7.39. The standard InChI is InChI=1S/C21H28N4O3/c1-25(15-20(26)23-21(27)22-17-10-5-6-11-17)13-7-12-18-14-19(24-28-18)16-8-3-2-4-9-16/h2-4,8-9,14,17H,5-7,10-13,15H2,1H3,(H2,22,23,26,27). The number of benzene rings is 1. The zero-order valence-corrected chi connectivity index (χ0v) is 16.3. The van der Waals surface area contributed by atoms with E-state index in [2.05, 4.69) is 15.8 Å². The number of imide groups is 1. The number of nitrogens with zero attached hydrogens (tertiary/aromatic N) is 2. The second kappa shape index (κ2) is 10.0. The maximum absolute atomic E-state index is 12.0. The van der Waals surface area contributed by atoms with Crippen molar-refractivity contribution in [2.24, 2.45) is 0 Å². The molecular formula is C21H28N4O3. The molecule has 28 heavy (non-hydrogen) atoms. The molecule has 3 amide bonds. The van der Waals surface area contributed by atoms with Crippen LogP contribution in [-0.4, -0.2) is 48.2 Å². The molecular weight excluding hydrogens is 356 g/mol. The van der Waals surface area contributed by atoms with Gasteiger partial charge in [0.15, 0.2) is 0 Å². The van der Waals surface area contributed by atoms with Crippen molar-refractivity contribution in [3.63, 3.8) is 0 Å². The topological polar surface area (TPSA) is 87.5 Å². The van der Waals surface area contributed by atoms with Gasteiger partial charge in [0.1, 0.15) is 11.5 Å². The number of nitrogens with one attached hydrogen (secondary N) is 2. The van der Waals surface area contributed by atoms with Gasteiger partial charge in [-0.2, -0.15) is 0 Å². The molecule has 0 bridgehead atoms. The van der Waals surface area contributed by atoms with Crippen molar-refractivity contribution in [2.45, 2.75) is 44.6 Å². The van der Waals surface area contributed by atoms with Gasteiger partial charge in [0.05, 0.1) is 6.54 Å². The number of carbonyl (C=O) groups excluding carboxylic acids is 2.